The van der Waals surface area contributed by atoms with Crippen LogP contribution in [0, 0.1) is 0 Å². The van der Waals surface area contributed by atoms with E-state index in [1.165, 1.54) is 0 Å². The maximum atomic E-state index is 13.9. The summed E-state index contributed by atoms with van der Waals surface area (Å²) in [7, 11) is 0. The van der Waals surface area contributed by atoms with Crippen molar-refractivity contribution >= 4 is 11.2 Å². The zero-order valence-corrected chi connectivity index (χ0v) is 10.5. The lowest BCUT2D eigenvalue weighted by molar-refractivity contribution is -0.140. The van der Waals surface area contributed by atoms with Gasteiger partial charge in [0.1, 0.15) is 18.0 Å². The highest BCUT2D eigenvalue weighted by atomic mass is 19.4. The molecule has 3 rings (SSSR count). The van der Waals surface area contributed by atoms with Gasteiger partial charge < -0.3 is 9.84 Å². The Morgan fingerprint density at radius 2 is 2.10 bits per heavy atom. The number of aromatic nitrogens is 4. The zero-order chi connectivity index (χ0) is 15.2. The van der Waals surface area contributed by atoms with Crippen molar-refractivity contribution in [3.8, 4) is 0 Å². The van der Waals surface area contributed by atoms with E-state index >= 15 is 0 Å². The van der Waals surface area contributed by atoms with Gasteiger partial charge in [0, 0.05) is 6.42 Å². The van der Waals surface area contributed by atoms with Crippen molar-refractivity contribution in [3.63, 3.8) is 0 Å². The second kappa shape index (κ2) is 4.88. The molecule has 0 unspecified atom stereocenters. The summed E-state index contributed by atoms with van der Waals surface area (Å²) < 4.78 is 58.7. The number of alkyl halides is 4. The monoisotopic (exact) mass is 306 g/mol. The van der Waals surface area contributed by atoms with Crippen molar-refractivity contribution < 1.29 is 27.4 Å². The standard InChI is InChI=1S/C11H10F4N4O2/c12-6-1-5(2-20)21-10(6)19-4-18-7-8(11(13,14)15)16-3-17-9(7)19/h3-6,10,20H,1-2H2/t5-,6-,10+/m0/s1. The summed E-state index contributed by atoms with van der Waals surface area (Å²) in [6, 6.07) is 0. The topological polar surface area (TPSA) is 73.1 Å². The molecule has 0 saturated carbocycles. The Labute approximate surface area is 115 Å². The third-order valence-electron chi connectivity index (χ3n) is 3.23. The van der Waals surface area contributed by atoms with Crippen molar-refractivity contribution in [2.75, 3.05) is 6.61 Å². The largest absolute Gasteiger partial charge is 0.435 e. The highest BCUT2D eigenvalue weighted by Gasteiger charge is 2.40. The molecule has 1 fully saturated rings. The fourth-order valence-electron chi connectivity index (χ4n) is 2.31. The summed E-state index contributed by atoms with van der Waals surface area (Å²) in [5, 5.41) is 8.97. The molecule has 21 heavy (non-hydrogen) atoms. The molecule has 1 saturated heterocycles. The first-order chi connectivity index (χ1) is 9.91. The van der Waals surface area contributed by atoms with E-state index in [-0.39, 0.29) is 18.7 Å². The fraction of sp³-hybridized carbons (Fsp3) is 0.545. The summed E-state index contributed by atoms with van der Waals surface area (Å²) in [6.45, 7) is -0.369. The molecule has 1 aliphatic heterocycles. The van der Waals surface area contributed by atoms with Crippen LogP contribution in [0.3, 0.4) is 0 Å². The van der Waals surface area contributed by atoms with Gasteiger partial charge in [0.2, 0.25) is 0 Å². The van der Waals surface area contributed by atoms with E-state index in [1.54, 1.807) is 0 Å². The Morgan fingerprint density at radius 3 is 2.71 bits per heavy atom. The molecule has 0 amide bonds. The normalized spacial score (nSPS) is 26.6. The molecule has 2 aromatic heterocycles. The molecule has 3 heterocycles. The van der Waals surface area contributed by atoms with Crippen LogP contribution in [-0.4, -0.2) is 43.5 Å². The summed E-state index contributed by atoms with van der Waals surface area (Å²) in [5.41, 5.74) is -1.81. The minimum absolute atomic E-state index is 0.0436. The molecule has 1 N–H and O–H groups in total. The SMILES string of the molecule is OC[C@@H]1C[C@H](F)[C@H](n2cnc3c(C(F)(F)F)ncnc32)O1. The lowest BCUT2D eigenvalue weighted by Crippen LogP contribution is -2.17. The van der Waals surface area contributed by atoms with Gasteiger partial charge in [-0.1, -0.05) is 0 Å². The van der Waals surface area contributed by atoms with E-state index in [1.807, 2.05) is 0 Å². The average Bonchev–Trinajstić information content (AvgIpc) is 3.00. The van der Waals surface area contributed by atoms with Gasteiger partial charge in [-0.2, -0.15) is 13.2 Å². The maximum Gasteiger partial charge on any atom is 0.435 e. The van der Waals surface area contributed by atoms with Gasteiger partial charge in [0.25, 0.3) is 0 Å². The molecule has 0 aromatic carbocycles. The van der Waals surface area contributed by atoms with Crippen molar-refractivity contribution in [1.29, 1.82) is 0 Å². The van der Waals surface area contributed by atoms with Crippen molar-refractivity contribution in [3.05, 3.63) is 18.3 Å². The van der Waals surface area contributed by atoms with Crippen LogP contribution in [-0.2, 0) is 10.9 Å². The first-order valence-electron chi connectivity index (χ1n) is 6.07. The number of ether oxygens (including phenoxy) is 1. The van der Waals surface area contributed by atoms with Crippen molar-refractivity contribution in [1.82, 2.24) is 19.5 Å². The van der Waals surface area contributed by atoms with Crippen LogP contribution in [0.5, 0.6) is 0 Å². The lowest BCUT2D eigenvalue weighted by atomic mass is 10.2. The summed E-state index contributed by atoms with van der Waals surface area (Å²) in [6.07, 6.45) is -6.28. The van der Waals surface area contributed by atoms with Gasteiger partial charge in [-0.15, -0.1) is 0 Å². The Bertz CT molecular complexity index is 659. The molecule has 6 nitrogen and oxygen atoms in total. The Morgan fingerprint density at radius 1 is 1.33 bits per heavy atom. The fourth-order valence-corrected chi connectivity index (χ4v) is 2.31. The number of aliphatic hydroxyl groups excluding tert-OH is 1. The molecule has 10 heteroatoms. The number of halogens is 4. The molecule has 0 radical (unpaired) electrons. The molecule has 2 aromatic rings. The number of aliphatic hydroxyl groups is 1. The van der Waals surface area contributed by atoms with E-state index in [4.69, 9.17) is 9.84 Å². The Kier molecular flexibility index (Phi) is 3.29. The Balaban J connectivity index is 2.06. The third-order valence-corrected chi connectivity index (χ3v) is 3.23. The highest BCUT2D eigenvalue weighted by Crippen LogP contribution is 2.35. The number of imidazole rings is 1. The maximum absolute atomic E-state index is 13.9. The van der Waals surface area contributed by atoms with E-state index in [2.05, 4.69) is 15.0 Å². The number of rotatable bonds is 2. The summed E-state index contributed by atoms with van der Waals surface area (Å²) in [5.74, 6) is 0. The number of fused-ring (bicyclic) bond motifs is 1. The molecular weight excluding hydrogens is 296 g/mol. The lowest BCUT2D eigenvalue weighted by Gasteiger charge is -2.15. The molecule has 114 valence electrons. The number of nitrogens with zero attached hydrogens (tertiary/aromatic N) is 4. The zero-order valence-electron chi connectivity index (χ0n) is 10.5. The first-order valence-corrected chi connectivity index (χ1v) is 6.07. The van der Waals surface area contributed by atoms with Crippen LogP contribution in [0.15, 0.2) is 12.7 Å². The Hall–Kier alpha value is -1.81. The van der Waals surface area contributed by atoms with Crippen LogP contribution in [0.25, 0.3) is 11.2 Å². The average molecular weight is 306 g/mol. The van der Waals surface area contributed by atoms with E-state index in [9.17, 15) is 17.6 Å². The summed E-state index contributed by atoms with van der Waals surface area (Å²) >= 11 is 0. The van der Waals surface area contributed by atoms with Crippen molar-refractivity contribution in [2.45, 2.75) is 31.1 Å². The van der Waals surface area contributed by atoms with Crippen LogP contribution in [0.4, 0.5) is 17.6 Å². The highest BCUT2D eigenvalue weighted by molar-refractivity contribution is 5.73. The van der Waals surface area contributed by atoms with E-state index in [0.29, 0.717) is 0 Å². The second-order valence-electron chi connectivity index (χ2n) is 4.63. The predicted molar refractivity (Wildman–Crippen MR) is 60.8 cm³/mol. The molecule has 0 aliphatic carbocycles. The van der Waals surface area contributed by atoms with Gasteiger partial charge >= 0.3 is 6.18 Å². The molecule has 0 bridgehead atoms. The van der Waals surface area contributed by atoms with Gasteiger partial charge in [-0.3, -0.25) is 4.57 Å². The minimum atomic E-state index is -4.68. The van der Waals surface area contributed by atoms with Gasteiger partial charge in [-0.25, -0.2) is 19.3 Å². The molecule has 0 spiro atoms. The van der Waals surface area contributed by atoms with Crippen LogP contribution >= 0.6 is 0 Å². The molecule has 1 aliphatic rings. The van der Waals surface area contributed by atoms with Crippen LogP contribution < -0.4 is 0 Å². The summed E-state index contributed by atoms with van der Waals surface area (Å²) in [4.78, 5) is 10.5. The van der Waals surface area contributed by atoms with E-state index < -0.39 is 35.9 Å². The molecular formula is C11H10F4N4O2. The van der Waals surface area contributed by atoms with Crippen LogP contribution in [0.1, 0.15) is 18.3 Å². The smallest absolute Gasteiger partial charge is 0.394 e. The van der Waals surface area contributed by atoms with E-state index in [0.717, 1.165) is 17.2 Å². The number of hydrogen-bond acceptors (Lipinski definition) is 5. The van der Waals surface area contributed by atoms with Gasteiger partial charge in [-0.05, 0) is 0 Å². The second-order valence-corrected chi connectivity index (χ2v) is 4.63. The van der Waals surface area contributed by atoms with Gasteiger partial charge in [0.05, 0.1) is 19.0 Å². The third kappa shape index (κ3) is 2.33. The van der Waals surface area contributed by atoms with Crippen molar-refractivity contribution in [2.24, 2.45) is 0 Å². The van der Waals surface area contributed by atoms with Gasteiger partial charge in [0.15, 0.2) is 17.6 Å². The number of hydrogen-bond donors (Lipinski definition) is 1. The quantitative estimate of drug-likeness (QED) is 0.851. The predicted octanol–water partition coefficient (Wildman–Crippen LogP) is 1.46. The minimum Gasteiger partial charge on any atom is -0.394 e. The first kappa shape index (κ1) is 14.1. The van der Waals surface area contributed by atoms with Crippen LogP contribution in [0.2, 0.25) is 0 Å². The molecule has 3 atom stereocenters.